The number of aryl methyl sites for hydroxylation is 1. The molecule has 4 heteroatoms. The predicted molar refractivity (Wildman–Crippen MR) is 80.5 cm³/mol. The zero-order valence-electron chi connectivity index (χ0n) is 9.61. The highest BCUT2D eigenvalue weighted by molar-refractivity contribution is 6.42. The summed E-state index contributed by atoms with van der Waals surface area (Å²) in [5.74, 6) is 0. The van der Waals surface area contributed by atoms with Gasteiger partial charge in [-0.15, -0.1) is 0 Å². The van der Waals surface area contributed by atoms with Gasteiger partial charge in [0.1, 0.15) is 0 Å². The quantitative estimate of drug-likeness (QED) is 0.618. The molecular weight excluding hydrogens is 310 g/mol. The smallest absolute Gasteiger partial charge is 0.0595 e. The molecular formula is C14H10Cl4. The lowest BCUT2D eigenvalue weighted by molar-refractivity contribution is 1.16. The highest BCUT2D eigenvalue weighted by Crippen LogP contribution is 2.28. The fourth-order valence-corrected chi connectivity index (χ4v) is 2.47. The Kier molecular flexibility index (Phi) is 4.45. The van der Waals surface area contributed by atoms with Crippen LogP contribution in [0.15, 0.2) is 30.3 Å². The summed E-state index contributed by atoms with van der Waals surface area (Å²) < 4.78 is 0. The van der Waals surface area contributed by atoms with E-state index in [4.69, 9.17) is 46.4 Å². The number of halogens is 4. The number of rotatable bonds is 2. The van der Waals surface area contributed by atoms with Gasteiger partial charge in [-0.05, 0) is 54.3 Å². The van der Waals surface area contributed by atoms with E-state index in [2.05, 4.69) is 0 Å². The van der Waals surface area contributed by atoms with Gasteiger partial charge in [-0.2, -0.15) is 0 Å². The Labute approximate surface area is 126 Å². The van der Waals surface area contributed by atoms with E-state index < -0.39 is 0 Å². The van der Waals surface area contributed by atoms with Crippen LogP contribution in [0.5, 0.6) is 0 Å². The fraction of sp³-hybridized carbons (Fsp3) is 0.143. The minimum absolute atomic E-state index is 0.561. The Hall–Kier alpha value is -0.400. The average molecular weight is 320 g/mol. The van der Waals surface area contributed by atoms with E-state index in [1.807, 2.05) is 31.2 Å². The fourth-order valence-electron chi connectivity index (χ4n) is 1.75. The molecule has 0 aliphatic carbocycles. The van der Waals surface area contributed by atoms with Gasteiger partial charge >= 0.3 is 0 Å². The van der Waals surface area contributed by atoms with Crippen LogP contribution < -0.4 is 0 Å². The first-order valence-corrected chi connectivity index (χ1v) is 6.87. The van der Waals surface area contributed by atoms with Gasteiger partial charge in [0.15, 0.2) is 0 Å². The molecule has 2 aromatic carbocycles. The molecule has 0 unspecified atom stereocenters. The number of hydrogen-bond donors (Lipinski definition) is 0. The summed E-state index contributed by atoms with van der Waals surface area (Å²) in [6.07, 6.45) is 0.750. The second kappa shape index (κ2) is 5.71. The van der Waals surface area contributed by atoms with Crippen molar-refractivity contribution in [1.82, 2.24) is 0 Å². The summed E-state index contributed by atoms with van der Waals surface area (Å²) >= 11 is 23.9. The van der Waals surface area contributed by atoms with Crippen molar-refractivity contribution in [2.45, 2.75) is 13.3 Å². The third-order valence-electron chi connectivity index (χ3n) is 2.76. The summed E-state index contributed by atoms with van der Waals surface area (Å²) in [7, 11) is 0. The second-order valence-corrected chi connectivity index (χ2v) is 5.75. The lowest BCUT2D eigenvalue weighted by atomic mass is 10.0. The molecule has 0 aromatic heterocycles. The first-order valence-electron chi connectivity index (χ1n) is 5.36. The molecule has 0 saturated carbocycles. The zero-order chi connectivity index (χ0) is 13.3. The van der Waals surface area contributed by atoms with Crippen LogP contribution in [-0.2, 0) is 6.42 Å². The van der Waals surface area contributed by atoms with E-state index >= 15 is 0 Å². The molecule has 0 amide bonds. The number of benzene rings is 2. The van der Waals surface area contributed by atoms with Crippen molar-refractivity contribution < 1.29 is 0 Å². The molecule has 0 atom stereocenters. The molecule has 0 N–H and O–H groups in total. The van der Waals surface area contributed by atoms with E-state index in [0.717, 1.165) is 23.1 Å². The van der Waals surface area contributed by atoms with Gasteiger partial charge in [0.25, 0.3) is 0 Å². The number of hydrogen-bond acceptors (Lipinski definition) is 0. The lowest BCUT2D eigenvalue weighted by Gasteiger charge is -2.09. The summed E-state index contributed by atoms with van der Waals surface area (Å²) in [5, 5.41) is 2.27. The summed E-state index contributed by atoms with van der Waals surface area (Å²) in [6, 6.07) is 9.38. The highest BCUT2D eigenvalue weighted by atomic mass is 35.5. The molecule has 0 saturated heterocycles. The van der Waals surface area contributed by atoms with E-state index in [-0.39, 0.29) is 0 Å². The van der Waals surface area contributed by atoms with Gasteiger partial charge in [0.05, 0.1) is 20.1 Å². The summed E-state index contributed by atoms with van der Waals surface area (Å²) in [6.45, 7) is 2.01. The Bertz CT molecular complexity index is 591. The van der Waals surface area contributed by atoms with Crippen molar-refractivity contribution in [3.05, 3.63) is 67.1 Å². The lowest BCUT2D eigenvalue weighted by Crippen LogP contribution is -1.92. The Morgan fingerprint density at radius 1 is 0.778 bits per heavy atom. The predicted octanol–water partition coefficient (Wildman–Crippen LogP) is 6.20. The van der Waals surface area contributed by atoms with Crippen molar-refractivity contribution in [3.63, 3.8) is 0 Å². The molecule has 0 nitrogen and oxygen atoms in total. The third-order valence-corrected chi connectivity index (χ3v) is 4.22. The molecule has 94 valence electrons. The van der Waals surface area contributed by atoms with Crippen molar-refractivity contribution >= 4 is 46.4 Å². The van der Waals surface area contributed by atoms with Crippen molar-refractivity contribution in [2.24, 2.45) is 0 Å². The van der Waals surface area contributed by atoms with Gasteiger partial charge in [-0.1, -0.05) is 52.5 Å². The van der Waals surface area contributed by atoms with Crippen LogP contribution in [0.25, 0.3) is 0 Å². The van der Waals surface area contributed by atoms with Gasteiger partial charge < -0.3 is 0 Å². The van der Waals surface area contributed by atoms with Crippen LogP contribution in [-0.4, -0.2) is 0 Å². The monoisotopic (exact) mass is 318 g/mol. The molecule has 18 heavy (non-hydrogen) atoms. The van der Waals surface area contributed by atoms with Crippen LogP contribution in [0.2, 0.25) is 20.1 Å². The molecule has 2 rings (SSSR count). The van der Waals surface area contributed by atoms with Crippen LogP contribution in [0.4, 0.5) is 0 Å². The maximum atomic E-state index is 6.03. The van der Waals surface area contributed by atoms with E-state index in [0.29, 0.717) is 20.1 Å². The van der Waals surface area contributed by atoms with Gasteiger partial charge in [-0.25, -0.2) is 0 Å². The topological polar surface area (TPSA) is 0 Å². The molecule has 0 bridgehead atoms. The van der Waals surface area contributed by atoms with Crippen LogP contribution in [0.1, 0.15) is 16.7 Å². The van der Waals surface area contributed by atoms with E-state index in [9.17, 15) is 0 Å². The van der Waals surface area contributed by atoms with Gasteiger partial charge in [0.2, 0.25) is 0 Å². The molecule has 0 aliphatic heterocycles. The molecule has 0 heterocycles. The van der Waals surface area contributed by atoms with Crippen molar-refractivity contribution in [1.29, 1.82) is 0 Å². The first kappa shape index (κ1) is 14.0. The van der Waals surface area contributed by atoms with E-state index in [1.54, 1.807) is 6.07 Å². The Morgan fingerprint density at radius 2 is 1.39 bits per heavy atom. The van der Waals surface area contributed by atoms with Crippen molar-refractivity contribution in [2.75, 3.05) is 0 Å². The van der Waals surface area contributed by atoms with Crippen molar-refractivity contribution in [3.8, 4) is 0 Å². The second-order valence-electron chi connectivity index (χ2n) is 4.12. The largest absolute Gasteiger partial charge is 0.0827 e. The summed E-state index contributed by atoms with van der Waals surface area (Å²) in [5.41, 5.74) is 3.32. The molecule has 0 spiro atoms. The Morgan fingerprint density at radius 3 is 2.06 bits per heavy atom. The first-order chi connectivity index (χ1) is 8.47. The maximum absolute atomic E-state index is 6.03. The molecule has 0 radical (unpaired) electrons. The van der Waals surface area contributed by atoms with Crippen LogP contribution in [0.3, 0.4) is 0 Å². The van der Waals surface area contributed by atoms with Gasteiger partial charge in [-0.3, -0.25) is 0 Å². The third kappa shape index (κ3) is 3.13. The maximum Gasteiger partial charge on any atom is 0.0595 e. The average Bonchev–Trinajstić information content (AvgIpc) is 2.31. The SMILES string of the molecule is Cc1cc(Cl)c(Cl)cc1Cc1ccc(Cl)c(Cl)c1. The zero-order valence-corrected chi connectivity index (χ0v) is 12.6. The molecule has 0 fully saturated rings. The summed E-state index contributed by atoms with van der Waals surface area (Å²) in [4.78, 5) is 0. The van der Waals surface area contributed by atoms with Crippen LogP contribution in [0, 0.1) is 6.92 Å². The minimum atomic E-state index is 0.561. The molecule has 0 aliphatic rings. The normalized spacial score (nSPS) is 10.7. The Balaban J connectivity index is 2.34. The minimum Gasteiger partial charge on any atom is -0.0827 e. The van der Waals surface area contributed by atoms with E-state index in [1.165, 1.54) is 0 Å². The van der Waals surface area contributed by atoms with Gasteiger partial charge in [0, 0.05) is 0 Å². The standard InChI is InChI=1S/C14H10Cl4/c1-8-4-12(16)14(18)7-10(8)5-9-2-3-11(15)13(17)6-9/h2-4,6-7H,5H2,1H3. The molecule has 2 aromatic rings. The van der Waals surface area contributed by atoms with Crippen LogP contribution >= 0.6 is 46.4 Å². The highest BCUT2D eigenvalue weighted by Gasteiger charge is 2.06.